The van der Waals surface area contributed by atoms with Gasteiger partial charge < -0.3 is 14.6 Å². The first-order valence-electron chi connectivity index (χ1n) is 10.4. The molecule has 176 valence electrons. The monoisotopic (exact) mass is 478 g/mol. The van der Waals surface area contributed by atoms with E-state index in [0.29, 0.717) is 30.1 Å². The maximum Gasteiger partial charge on any atom is 0.418 e. The Morgan fingerprint density at radius 3 is 2.45 bits per heavy atom. The number of carbonyl (C=O) groups is 1. The number of benzene rings is 2. The molecule has 1 aromatic heterocycles. The average molecular weight is 479 g/mol. The number of alkyl halides is 3. The van der Waals surface area contributed by atoms with Crippen molar-refractivity contribution in [3.05, 3.63) is 54.1 Å². The molecule has 0 saturated heterocycles. The molecule has 3 aromatic rings. The average Bonchev–Trinajstić information content (AvgIpc) is 3.19. The molecular weight excluding hydrogens is 453 g/mol. The van der Waals surface area contributed by atoms with Gasteiger partial charge in [-0.1, -0.05) is 37.7 Å². The summed E-state index contributed by atoms with van der Waals surface area (Å²) in [7, 11) is 0. The van der Waals surface area contributed by atoms with Crippen LogP contribution in [0.25, 0.3) is 11.4 Å². The largest absolute Gasteiger partial charge is 0.493 e. The van der Waals surface area contributed by atoms with Crippen LogP contribution >= 0.6 is 11.8 Å². The molecule has 10 heteroatoms. The van der Waals surface area contributed by atoms with E-state index in [1.54, 1.807) is 0 Å². The highest BCUT2D eigenvalue weighted by Gasteiger charge is 2.33. The van der Waals surface area contributed by atoms with Gasteiger partial charge in [0, 0.05) is 12.1 Å². The molecule has 1 heterocycles. The number of aromatic nitrogens is 3. The molecule has 0 unspecified atom stereocenters. The molecule has 6 nitrogen and oxygen atoms in total. The number of rotatable bonds is 9. The van der Waals surface area contributed by atoms with E-state index in [1.807, 2.05) is 35.8 Å². The Hall–Kier alpha value is -3.01. The minimum atomic E-state index is -4.55. The number of anilines is 1. The standard InChI is InChI=1S/C23H25F3N4O2S/c1-4-30-21(16-9-11-17(12-10-16)32-13-15(2)3)28-29-22(30)33-14-20(31)27-19-8-6-5-7-18(19)23(24,25)26/h5-12,15H,4,13-14H2,1-3H3,(H,27,31). The third-order valence-electron chi connectivity index (χ3n) is 4.57. The molecule has 0 spiro atoms. The van der Waals surface area contributed by atoms with Gasteiger partial charge in [-0.05, 0) is 49.2 Å². The van der Waals surface area contributed by atoms with Gasteiger partial charge in [0.15, 0.2) is 11.0 Å². The first-order chi connectivity index (χ1) is 15.7. The van der Waals surface area contributed by atoms with E-state index in [-0.39, 0.29) is 11.4 Å². The second-order valence-electron chi connectivity index (χ2n) is 7.66. The number of para-hydroxylation sites is 1. The van der Waals surface area contributed by atoms with Gasteiger partial charge >= 0.3 is 6.18 Å². The normalized spacial score (nSPS) is 11.6. The zero-order valence-electron chi connectivity index (χ0n) is 18.5. The van der Waals surface area contributed by atoms with Crippen LogP contribution in [0.4, 0.5) is 18.9 Å². The maximum absolute atomic E-state index is 13.1. The first kappa shape index (κ1) is 24.6. The number of hydrogen-bond donors (Lipinski definition) is 1. The predicted octanol–water partition coefficient (Wildman–Crippen LogP) is 5.75. The van der Waals surface area contributed by atoms with Crippen LogP contribution in [0.15, 0.2) is 53.7 Å². The molecular formula is C23H25F3N4O2S. The highest BCUT2D eigenvalue weighted by molar-refractivity contribution is 7.99. The van der Waals surface area contributed by atoms with Crippen LogP contribution in [0.2, 0.25) is 0 Å². The van der Waals surface area contributed by atoms with Crippen molar-refractivity contribution >= 4 is 23.4 Å². The van der Waals surface area contributed by atoms with Crippen molar-refractivity contribution < 1.29 is 22.7 Å². The Morgan fingerprint density at radius 2 is 1.82 bits per heavy atom. The summed E-state index contributed by atoms with van der Waals surface area (Å²) in [4.78, 5) is 12.3. The van der Waals surface area contributed by atoms with Gasteiger partial charge in [-0.15, -0.1) is 10.2 Å². The zero-order chi connectivity index (χ0) is 24.0. The zero-order valence-corrected chi connectivity index (χ0v) is 19.3. The van der Waals surface area contributed by atoms with Crippen molar-refractivity contribution in [3.63, 3.8) is 0 Å². The van der Waals surface area contributed by atoms with Crippen molar-refractivity contribution in [2.24, 2.45) is 5.92 Å². The van der Waals surface area contributed by atoms with Crippen molar-refractivity contribution in [3.8, 4) is 17.1 Å². The number of ether oxygens (including phenoxy) is 1. The molecule has 2 aromatic carbocycles. The van der Waals surface area contributed by atoms with Gasteiger partial charge in [0.05, 0.1) is 23.6 Å². The van der Waals surface area contributed by atoms with E-state index < -0.39 is 17.6 Å². The first-order valence-corrected chi connectivity index (χ1v) is 11.4. The molecule has 3 rings (SSSR count). The molecule has 0 saturated carbocycles. The van der Waals surface area contributed by atoms with Gasteiger partial charge in [-0.3, -0.25) is 4.79 Å². The topological polar surface area (TPSA) is 69.0 Å². The number of nitrogens with one attached hydrogen (secondary N) is 1. The van der Waals surface area contributed by atoms with Crippen molar-refractivity contribution in [1.29, 1.82) is 0 Å². The van der Waals surface area contributed by atoms with Crippen LogP contribution in [0.1, 0.15) is 26.3 Å². The van der Waals surface area contributed by atoms with Crippen LogP contribution in [-0.4, -0.2) is 33.0 Å². The maximum atomic E-state index is 13.1. The summed E-state index contributed by atoms with van der Waals surface area (Å²) in [6.45, 7) is 7.27. The van der Waals surface area contributed by atoms with Crippen molar-refractivity contribution in [1.82, 2.24) is 14.8 Å². The smallest absolute Gasteiger partial charge is 0.418 e. The SMILES string of the molecule is CCn1c(SCC(=O)Nc2ccccc2C(F)(F)F)nnc1-c1ccc(OCC(C)C)cc1. The van der Waals surface area contributed by atoms with Gasteiger partial charge in [0.25, 0.3) is 0 Å². The lowest BCUT2D eigenvalue weighted by atomic mass is 10.1. The number of carbonyl (C=O) groups excluding carboxylic acids is 1. The Labute approximate surface area is 194 Å². The van der Waals surface area contributed by atoms with Gasteiger partial charge in [-0.2, -0.15) is 13.2 Å². The second-order valence-corrected chi connectivity index (χ2v) is 8.60. The van der Waals surface area contributed by atoms with Crippen molar-refractivity contribution in [2.75, 3.05) is 17.7 Å². The highest BCUT2D eigenvalue weighted by atomic mass is 32.2. The minimum absolute atomic E-state index is 0.105. The summed E-state index contributed by atoms with van der Waals surface area (Å²) in [6.07, 6.45) is -4.55. The quantitative estimate of drug-likeness (QED) is 0.397. The van der Waals surface area contributed by atoms with E-state index in [2.05, 4.69) is 29.4 Å². The van der Waals surface area contributed by atoms with E-state index in [0.717, 1.165) is 29.1 Å². The fourth-order valence-corrected chi connectivity index (χ4v) is 3.82. The molecule has 0 bridgehead atoms. The summed E-state index contributed by atoms with van der Waals surface area (Å²) < 4.78 is 46.9. The third-order valence-corrected chi connectivity index (χ3v) is 5.53. The van der Waals surface area contributed by atoms with Crippen LogP contribution in [-0.2, 0) is 17.5 Å². The Bertz CT molecular complexity index is 1080. The van der Waals surface area contributed by atoms with Crippen LogP contribution < -0.4 is 10.1 Å². The van der Waals surface area contributed by atoms with E-state index >= 15 is 0 Å². The molecule has 1 N–H and O–H groups in total. The van der Waals surface area contributed by atoms with Gasteiger partial charge in [-0.25, -0.2) is 0 Å². The summed E-state index contributed by atoms with van der Waals surface area (Å²) in [5, 5.41) is 11.3. The second kappa shape index (κ2) is 10.7. The molecule has 0 aliphatic rings. The Morgan fingerprint density at radius 1 is 1.12 bits per heavy atom. The Kier molecular flexibility index (Phi) is 8.01. The third kappa shape index (κ3) is 6.50. The lowest BCUT2D eigenvalue weighted by molar-refractivity contribution is -0.137. The van der Waals surface area contributed by atoms with Crippen molar-refractivity contribution in [2.45, 2.75) is 38.6 Å². The van der Waals surface area contributed by atoms with E-state index in [4.69, 9.17) is 4.74 Å². The van der Waals surface area contributed by atoms with Crippen LogP contribution in [0, 0.1) is 5.92 Å². The van der Waals surface area contributed by atoms with E-state index in [9.17, 15) is 18.0 Å². The molecule has 33 heavy (non-hydrogen) atoms. The lowest BCUT2D eigenvalue weighted by Crippen LogP contribution is -2.18. The lowest BCUT2D eigenvalue weighted by Gasteiger charge is -2.13. The number of halogens is 3. The fraction of sp³-hybridized carbons (Fsp3) is 0.348. The molecule has 0 radical (unpaired) electrons. The summed E-state index contributed by atoms with van der Waals surface area (Å²) in [5.74, 6) is 1.16. The molecule has 0 atom stereocenters. The molecule has 0 fully saturated rings. The van der Waals surface area contributed by atoms with Gasteiger partial charge in [0.2, 0.25) is 5.91 Å². The summed E-state index contributed by atoms with van der Waals surface area (Å²) in [5.41, 5.74) is -0.312. The molecule has 0 aliphatic heterocycles. The molecule has 0 aliphatic carbocycles. The highest BCUT2D eigenvalue weighted by Crippen LogP contribution is 2.34. The predicted molar refractivity (Wildman–Crippen MR) is 122 cm³/mol. The number of thioether (sulfide) groups is 1. The fourth-order valence-electron chi connectivity index (χ4n) is 3.01. The minimum Gasteiger partial charge on any atom is -0.493 e. The number of hydrogen-bond acceptors (Lipinski definition) is 5. The summed E-state index contributed by atoms with van der Waals surface area (Å²) in [6, 6.07) is 12.4. The van der Waals surface area contributed by atoms with Gasteiger partial charge in [0.1, 0.15) is 5.75 Å². The Balaban J connectivity index is 1.67. The number of nitrogens with zero attached hydrogens (tertiary/aromatic N) is 3. The van der Waals surface area contributed by atoms with Crippen LogP contribution in [0.3, 0.4) is 0 Å². The molecule has 1 amide bonds. The summed E-state index contributed by atoms with van der Waals surface area (Å²) >= 11 is 1.11. The van der Waals surface area contributed by atoms with Crippen LogP contribution in [0.5, 0.6) is 5.75 Å². The number of amides is 1. The van der Waals surface area contributed by atoms with E-state index in [1.165, 1.54) is 18.2 Å².